The lowest BCUT2D eigenvalue weighted by Crippen LogP contribution is -2.38. The first kappa shape index (κ1) is 28.0. The van der Waals surface area contributed by atoms with E-state index in [9.17, 15) is 24.0 Å². The zero-order valence-corrected chi connectivity index (χ0v) is 22.5. The second kappa shape index (κ2) is 11.8. The molecular formula is C30H28FN5O4. The van der Waals surface area contributed by atoms with Gasteiger partial charge in [0.25, 0.3) is 5.56 Å². The highest BCUT2D eigenvalue weighted by atomic mass is 19.1. The van der Waals surface area contributed by atoms with Crippen LogP contribution in [0.15, 0.2) is 64.2 Å². The van der Waals surface area contributed by atoms with Crippen LogP contribution in [0.3, 0.4) is 0 Å². The zero-order chi connectivity index (χ0) is 29.0. The van der Waals surface area contributed by atoms with E-state index in [1.54, 1.807) is 46.1 Å². The highest BCUT2D eigenvalue weighted by Crippen LogP contribution is 2.22. The van der Waals surface area contributed by atoms with Crippen molar-refractivity contribution in [3.05, 3.63) is 120 Å². The Kier molecular flexibility index (Phi) is 8.24. The Balaban J connectivity index is 1.75. The second-order valence-electron chi connectivity index (χ2n) is 9.68. The Morgan fingerprint density at radius 1 is 1.12 bits per heavy atom. The van der Waals surface area contributed by atoms with Gasteiger partial charge in [-0.15, -0.1) is 0 Å². The number of benzene rings is 2. The molecule has 204 valence electrons. The van der Waals surface area contributed by atoms with Crippen LogP contribution < -0.4 is 21.3 Å². The first-order valence-corrected chi connectivity index (χ1v) is 12.6. The number of H-pyrrole nitrogens is 1. The molecule has 40 heavy (non-hydrogen) atoms. The molecule has 0 amide bonds. The van der Waals surface area contributed by atoms with E-state index in [1.807, 2.05) is 30.3 Å². The Hall–Kier alpha value is -5.04. The van der Waals surface area contributed by atoms with Crippen molar-refractivity contribution in [2.75, 3.05) is 12.4 Å². The van der Waals surface area contributed by atoms with E-state index in [4.69, 9.17) is 4.74 Å². The molecule has 2 heterocycles. The number of aromatic amines is 1. The van der Waals surface area contributed by atoms with Crippen molar-refractivity contribution in [1.82, 2.24) is 14.5 Å². The number of aryl methyl sites for hydroxylation is 1. The van der Waals surface area contributed by atoms with E-state index < -0.39 is 28.9 Å². The van der Waals surface area contributed by atoms with Gasteiger partial charge in [0.1, 0.15) is 17.3 Å². The lowest BCUT2D eigenvalue weighted by atomic mass is 9.95. The number of hydrogen-bond acceptors (Lipinski definition) is 7. The minimum atomic E-state index is -0.809. The number of anilines is 1. The van der Waals surface area contributed by atoms with Gasteiger partial charge in [0.15, 0.2) is 0 Å². The van der Waals surface area contributed by atoms with E-state index in [0.29, 0.717) is 23.4 Å². The number of carbonyl (C=O) groups excluding carboxylic acids is 1. The molecule has 4 rings (SSSR count). The Labute approximate surface area is 229 Å². The van der Waals surface area contributed by atoms with Gasteiger partial charge in [0.2, 0.25) is 11.7 Å². The van der Waals surface area contributed by atoms with Crippen molar-refractivity contribution in [1.29, 1.82) is 5.26 Å². The third kappa shape index (κ3) is 6.15. The number of nitrogens with zero attached hydrogens (tertiary/aromatic N) is 3. The summed E-state index contributed by atoms with van der Waals surface area (Å²) in [5, 5.41) is 12.5. The van der Waals surface area contributed by atoms with Gasteiger partial charge in [-0.2, -0.15) is 9.65 Å². The number of nitrogens with one attached hydrogen (secondary N) is 2. The molecule has 0 unspecified atom stereocenters. The summed E-state index contributed by atoms with van der Waals surface area (Å²) in [7, 11) is 1.58. The average Bonchev–Trinajstić information content (AvgIpc) is 2.92. The van der Waals surface area contributed by atoms with Gasteiger partial charge in [-0.3, -0.25) is 19.1 Å². The van der Waals surface area contributed by atoms with Gasteiger partial charge in [-0.1, -0.05) is 26.0 Å². The molecule has 0 aliphatic carbocycles. The molecule has 0 aliphatic heterocycles. The van der Waals surface area contributed by atoms with E-state index in [1.165, 1.54) is 12.1 Å². The maximum atomic E-state index is 14.6. The van der Waals surface area contributed by atoms with Crippen LogP contribution >= 0.6 is 0 Å². The quantitative estimate of drug-likeness (QED) is 0.239. The third-order valence-electron chi connectivity index (χ3n) is 6.32. The molecule has 0 fully saturated rings. The lowest BCUT2D eigenvalue weighted by Gasteiger charge is -2.18. The Bertz CT molecular complexity index is 1730. The van der Waals surface area contributed by atoms with Crippen LogP contribution in [-0.4, -0.2) is 27.4 Å². The average molecular weight is 542 g/mol. The number of carbonyl (C=O) groups is 1. The topological polar surface area (TPSA) is 130 Å². The van der Waals surface area contributed by atoms with Crippen LogP contribution in [0.2, 0.25) is 0 Å². The van der Waals surface area contributed by atoms with Crippen molar-refractivity contribution >= 4 is 11.6 Å². The summed E-state index contributed by atoms with van der Waals surface area (Å²) in [5.41, 5.74) is 0.915. The van der Waals surface area contributed by atoms with Crippen LogP contribution in [0.4, 0.5) is 10.2 Å². The minimum Gasteiger partial charge on any atom is -0.497 e. The summed E-state index contributed by atoms with van der Waals surface area (Å²) in [6.07, 6.45) is 0. The summed E-state index contributed by atoms with van der Waals surface area (Å²) >= 11 is 0. The normalized spacial score (nSPS) is 10.8. The fourth-order valence-electron chi connectivity index (χ4n) is 4.48. The number of ketones is 1. The largest absolute Gasteiger partial charge is 0.497 e. The molecule has 2 aromatic heterocycles. The lowest BCUT2D eigenvalue weighted by molar-refractivity contribution is 0.102. The number of ether oxygens (including phenoxy) is 1. The van der Waals surface area contributed by atoms with E-state index in [0.717, 1.165) is 10.1 Å². The highest BCUT2D eigenvalue weighted by Gasteiger charge is 2.25. The smallest absolute Gasteiger partial charge is 0.329 e. The predicted octanol–water partition coefficient (Wildman–Crippen LogP) is 4.27. The van der Waals surface area contributed by atoms with Crippen LogP contribution in [-0.2, 0) is 13.1 Å². The van der Waals surface area contributed by atoms with Crippen molar-refractivity contribution in [3.63, 3.8) is 0 Å². The molecule has 0 saturated heterocycles. The van der Waals surface area contributed by atoms with E-state index >= 15 is 0 Å². The maximum absolute atomic E-state index is 14.6. The molecular weight excluding hydrogens is 513 g/mol. The Morgan fingerprint density at radius 2 is 1.85 bits per heavy atom. The number of pyridine rings is 1. The number of aromatic nitrogens is 3. The second-order valence-corrected chi connectivity index (χ2v) is 9.68. The van der Waals surface area contributed by atoms with Crippen LogP contribution in [0, 0.1) is 24.2 Å². The molecule has 2 N–H and O–H groups in total. The summed E-state index contributed by atoms with van der Waals surface area (Å²) < 4.78 is 20.9. The Morgan fingerprint density at radius 3 is 2.50 bits per heavy atom. The SMILES string of the molecule is COc1ccc(CNc2cc(Cn3c(C(=O)c4cc(C)cc(C#N)c4)c(C(C)C)c(=O)[nH]c3=O)cc(F)n2)cc1. The van der Waals surface area contributed by atoms with Gasteiger partial charge in [0, 0.05) is 17.7 Å². The summed E-state index contributed by atoms with van der Waals surface area (Å²) in [6.45, 7) is 5.37. The van der Waals surface area contributed by atoms with E-state index in [2.05, 4.69) is 15.3 Å². The first-order valence-electron chi connectivity index (χ1n) is 12.6. The van der Waals surface area contributed by atoms with Crippen LogP contribution in [0.1, 0.15) is 63.6 Å². The standard InChI is InChI=1S/C30H28FN5O4/c1-17(2)26-27(28(37)22-10-18(3)9-20(11-22)14-32)36(30(39)35-29(26)38)16-21-12-24(31)34-25(13-21)33-15-19-5-7-23(40-4)8-6-19/h5-13,17H,15-16H2,1-4H3,(H,33,34)(H,35,38,39). The summed E-state index contributed by atoms with van der Waals surface area (Å²) in [4.78, 5) is 45.9. The first-order chi connectivity index (χ1) is 19.1. The number of halogens is 1. The molecule has 0 bridgehead atoms. The number of hydrogen-bond donors (Lipinski definition) is 2. The summed E-state index contributed by atoms with van der Waals surface area (Å²) in [5.74, 6) is -0.828. The molecule has 9 nitrogen and oxygen atoms in total. The zero-order valence-electron chi connectivity index (χ0n) is 22.5. The predicted molar refractivity (Wildman–Crippen MR) is 148 cm³/mol. The van der Waals surface area contributed by atoms with Crippen molar-refractivity contribution in [2.45, 2.75) is 39.8 Å². The van der Waals surface area contributed by atoms with Gasteiger partial charge >= 0.3 is 5.69 Å². The molecule has 0 atom stereocenters. The molecule has 0 radical (unpaired) electrons. The molecule has 4 aromatic rings. The van der Waals surface area contributed by atoms with Crippen molar-refractivity contribution in [2.24, 2.45) is 0 Å². The van der Waals surface area contributed by atoms with Gasteiger partial charge in [-0.05, 0) is 72.0 Å². The number of rotatable bonds is 9. The van der Waals surface area contributed by atoms with Crippen LogP contribution in [0.25, 0.3) is 0 Å². The minimum absolute atomic E-state index is 0.108. The third-order valence-corrected chi connectivity index (χ3v) is 6.32. The highest BCUT2D eigenvalue weighted by molar-refractivity contribution is 6.09. The molecule has 0 saturated carbocycles. The van der Waals surface area contributed by atoms with Crippen molar-refractivity contribution < 1.29 is 13.9 Å². The van der Waals surface area contributed by atoms with Gasteiger partial charge < -0.3 is 10.1 Å². The fraction of sp³-hybridized carbons (Fsp3) is 0.233. The molecule has 0 aliphatic rings. The number of nitriles is 1. The monoisotopic (exact) mass is 541 g/mol. The van der Waals surface area contributed by atoms with Crippen LogP contribution in [0.5, 0.6) is 5.75 Å². The molecule has 10 heteroatoms. The summed E-state index contributed by atoms with van der Waals surface area (Å²) in [6, 6.07) is 16.7. The van der Waals surface area contributed by atoms with Gasteiger partial charge in [-0.25, -0.2) is 9.78 Å². The molecule has 0 spiro atoms. The van der Waals surface area contributed by atoms with Gasteiger partial charge in [0.05, 0.1) is 25.3 Å². The number of methoxy groups -OCH3 is 1. The fourth-order valence-corrected chi connectivity index (χ4v) is 4.48. The van der Waals surface area contributed by atoms with Crippen molar-refractivity contribution in [3.8, 4) is 11.8 Å². The maximum Gasteiger partial charge on any atom is 0.329 e. The van der Waals surface area contributed by atoms with E-state index in [-0.39, 0.29) is 34.7 Å². The molecule has 2 aromatic carbocycles.